The highest BCUT2D eigenvalue weighted by Crippen LogP contribution is 2.34. The van der Waals surface area contributed by atoms with Crippen molar-refractivity contribution >= 4 is 11.7 Å². The average molecular weight is 245 g/mol. The molecule has 92 valence electrons. The van der Waals surface area contributed by atoms with E-state index >= 15 is 0 Å². The average Bonchev–Trinajstić information content (AvgIpc) is 2.26. The number of alkyl halides is 3. The predicted octanol–water partition coefficient (Wildman–Crippen LogP) is 2.37. The third kappa shape index (κ3) is 2.35. The molecule has 2 N–H and O–H groups in total. The number of nitrogens with one attached hydrogen (secondary N) is 1. The van der Waals surface area contributed by atoms with Gasteiger partial charge in [0.15, 0.2) is 0 Å². The van der Waals surface area contributed by atoms with Crippen molar-refractivity contribution in [3.63, 3.8) is 0 Å². The van der Waals surface area contributed by atoms with E-state index in [1.807, 2.05) is 0 Å². The molecule has 2 rings (SSSR count). The Morgan fingerprint density at radius 2 is 2.12 bits per heavy atom. The van der Waals surface area contributed by atoms with Crippen LogP contribution in [0.1, 0.15) is 11.1 Å². The van der Waals surface area contributed by atoms with Gasteiger partial charge in [0, 0.05) is 12.2 Å². The number of fused-ring (bicyclic) bond motifs is 1. The molecule has 6 heteroatoms. The van der Waals surface area contributed by atoms with Crippen LogP contribution in [-0.4, -0.2) is 17.6 Å². The molecule has 0 aromatic heterocycles. The Balaban J connectivity index is 2.29. The standard InChI is InChI=1S/C11H10F3NO2/c12-11(13,14)8-2-1-6-3-7(10(16)17)5-15-9(6)4-8/h1-2,4,7,15H,3,5H2,(H,16,17)/t7-/m0/s1. The van der Waals surface area contributed by atoms with Gasteiger partial charge in [-0.15, -0.1) is 0 Å². The molecule has 17 heavy (non-hydrogen) atoms. The van der Waals surface area contributed by atoms with Crippen LogP contribution in [0.4, 0.5) is 18.9 Å². The molecule has 1 atom stereocenters. The second kappa shape index (κ2) is 3.94. The molecule has 0 aliphatic carbocycles. The Kier molecular flexibility index (Phi) is 2.73. The molecule has 1 aliphatic rings. The molecular formula is C11H10F3NO2. The SMILES string of the molecule is O=C(O)[C@@H]1CNc2cc(C(F)(F)F)ccc2C1. The first-order chi connectivity index (χ1) is 7.88. The van der Waals surface area contributed by atoms with E-state index in [0.717, 1.165) is 12.1 Å². The van der Waals surface area contributed by atoms with Crippen molar-refractivity contribution in [2.24, 2.45) is 5.92 Å². The summed E-state index contributed by atoms with van der Waals surface area (Å²) < 4.78 is 37.3. The van der Waals surface area contributed by atoms with Gasteiger partial charge in [-0.2, -0.15) is 13.2 Å². The Hall–Kier alpha value is -1.72. The lowest BCUT2D eigenvalue weighted by atomic mass is 9.93. The molecule has 3 nitrogen and oxygen atoms in total. The van der Waals surface area contributed by atoms with Crippen molar-refractivity contribution in [1.29, 1.82) is 0 Å². The summed E-state index contributed by atoms with van der Waals surface area (Å²) in [6.07, 6.45) is -4.11. The summed E-state index contributed by atoms with van der Waals surface area (Å²) >= 11 is 0. The summed E-state index contributed by atoms with van der Waals surface area (Å²) in [5.74, 6) is -1.53. The molecule has 1 heterocycles. The van der Waals surface area contributed by atoms with E-state index in [-0.39, 0.29) is 13.0 Å². The third-order valence-corrected chi connectivity index (χ3v) is 2.79. The fourth-order valence-electron chi connectivity index (χ4n) is 1.84. The van der Waals surface area contributed by atoms with Gasteiger partial charge in [-0.3, -0.25) is 4.79 Å². The van der Waals surface area contributed by atoms with Crippen LogP contribution in [0, 0.1) is 5.92 Å². The van der Waals surface area contributed by atoms with Gasteiger partial charge in [0.05, 0.1) is 11.5 Å². The number of benzene rings is 1. The number of anilines is 1. The lowest BCUT2D eigenvalue weighted by Gasteiger charge is -2.24. The van der Waals surface area contributed by atoms with Crippen molar-refractivity contribution in [3.8, 4) is 0 Å². The molecule has 0 spiro atoms. The zero-order valence-electron chi connectivity index (χ0n) is 8.71. The smallest absolute Gasteiger partial charge is 0.416 e. The van der Waals surface area contributed by atoms with Gasteiger partial charge in [-0.25, -0.2) is 0 Å². The summed E-state index contributed by atoms with van der Waals surface area (Å²) in [6, 6.07) is 3.33. The van der Waals surface area contributed by atoms with Crippen molar-refractivity contribution in [3.05, 3.63) is 29.3 Å². The van der Waals surface area contributed by atoms with Crippen molar-refractivity contribution in [2.75, 3.05) is 11.9 Å². The summed E-state index contributed by atoms with van der Waals surface area (Å²) in [5, 5.41) is 11.6. The molecule has 1 aromatic rings. The van der Waals surface area contributed by atoms with Crippen LogP contribution in [0.5, 0.6) is 0 Å². The number of hydrogen-bond acceptors (Lipinski definition) is 2. The highest BCUT2D eigenvalue weighted by atomic mass is 19.4. The maximum absolute atomic E-state index is 12.4. The van der Waals surface area contributed by atoms with E-state index < -0.39 is 23.6 Å². The van der Waals surface area contributed by atoms with Gasteiger partial charge in [0.2, 0.25) is 0 Å². The van der Waals surface area contributed by atoms with E-state index in [1.165, 1.54) is 6.07 Å². The first-order valence-electron chi connectivity index (χ1n) is 5.04. The van der Waals surface area contributed by atoms with Crippen LogP contribution >= 0.6 is 0 Å². The van der Waals surface area contributed by atoms with Crippen molar-refractivity contribution in [2.45, 2.75) is 12.6 Å². The predicted molar refractivity (Wildman–Crippen MR) is 54.8 cm³/mol. The number of rotatable bonds is 1. The van der Waals surface area contributed by atoms with Crippen LogP contribution in [-0.2, 0) is 17.4 Å². The van der Waals surface area contributed by atoms with Gasteiger partial charge >= 0.3 is 12.1 Å². The Labute approximate surface area is 95.3 Å². The van der Waals surface area contributed by atoms with Gasteiger partial charge < -0.3 is 10.4 Å². The number of carboxylic acid groups (broad SMARTS) is 1. The largest absolute Gasteiger partial charge is 0.481 e. The number of aliphatic carboxylic acids is 1. The molecule has 0 radical (unpaired) electrons. The lowest BCUT2D eigenvalue weighted by molar-refractivity contribution is -0.141. The molecule has 0 saturated heterocycles. The minimum absolute atomic E-state index is 0.156. The van der Waals surface area contributed by atoms with E-state index in [4.69, 9.17) is 5.11 Å². The van der Waals surface area contributed by atoms with Crippen LogP contribution in [0.3, 0.4) is 0 Å². The Morgan fingerprint density at radius 3 is 2.71 bits per heavy atom. The number of carboxylic acids is 1. The fourth-order valence-corrected chi connectivity index (χ4v) is 1.84. The minimum atomic E-state index is -4.37. The monoisotopic (exact) mass is 245 g/mol. The van der Waals surface area contributed by atoms with E-state index in [0.29, 0.717) is 11.3 Å². The third-order valence-electron chi connectivity index (χ3n) is 2.79. The van der Waals surface area contributed by atoms with Crippen LogP contribution in [0.25, 0.3) is 0 Å². The van der Waals surface area contributed by atoms with E-state index in [1.54, 1.807) is 0 Å². The molecule has 0 saturated carbocycles. The van der Waals surface area contributed by atoms with Crippen LogP contribution < -0.4 is 5.32 Å². The molecule has 0 amide bonds. The summed E-state index contributed by atoms with van der Waals surface area (Å²) in [4.78, 5) is 10.8. The lowest BCUT2D eigenvalue weighted by Crippen LogP contribution is -2.29. The van der Waals surface area contributed by atoms with Gasteiger partial charge in [0.1, 0.15) is 0 Å². The normalized spacial score (nSPS) is 19.4. The molecule has 0 unspecified atom stereocenters. The van der Waals surface area contributed by atoms with E-state index in [2.05, 4.69) is 5.32 Å². The summed E-state index contributed by atoms with van der Waals surface area (Å²) in [5.41, 5.74) is 0.256. The fraction of sp³-hybridized carbons (Fsp3) is 0.364. The quantitative estimate of drug-likeness (QED) is 0.798. The molecule has 1 aliphatic heterocycles. The first kappa shape index (κ1) is 11.8. The Bertz CT molecular complexity index is 457. The highest BCUT2D eigenvalue weighted by Gasteiger charge is 2.32. The van der Waals surface area contributed by atoms with E-state index in [9.17, 15) is 18.0 Å². The number of carbonyl (C=O) groups is 1. The van der Waals surface area contributed by atoms with Crippen molar-refractivity contribution < 1.29 is 23.1 Å². The molecule has 1 aromatic carbocycles. The minimum Gasteiger partial charge on any atom is -0.481 e. The number of hydrogen-bond donors (Lipinski definition) is 2. The summed E-state index contributed by atoms with van der Waals surface area (Å²) in [6.45, 7) is 0.156. The second-order valence-electron chi connectivity index (χ2n) is 3.99. The van der Waals surface area contributed by atoms with Crippen LogP contribution in [0.2, 0.25) is 0 Å². The Morgan fingerprint density at radius 1 is 1.41 bits per heavy atom. The molecular weight excluding hydrogens is 235 g/mol. The maximum Gasteiger partial charge on any atom is 0.416 e. The topological polar surface area (TPSA) is 49.3 Å². The molecule has 0 bridgehead atoms. The first-order valence-corrected chi connectivity index (χ1v) is 5.04. The zero-order valence-corrected chi connectivity index (χ0v) is 8.71. The maximum atomic E-state index is 12.4. The summed E-state index contributed by atoms with van der Waals surface area (Å²) in [7, 11) is 0. The zero-order chi connectivity index (χ0) is 12.6. The van der Waals surface area contributed by atoms with Crippen molar-refractivity contribution in [1.82, 2.24) is 0 Å². The van der Waals surface area contributed by atoms with Gasteiger partial charge in [-0.1, -0.05) is 6.07 Å². The van der Waals surface area contributed by atoms with Gasteiger partial charge in [0.25, 0.3) is 0 Å². The number of halogens is 3. The molecule has 0 fully saturated rings. The van der Waals surface area contributed by atoms with Gasteiger partial charge in [-0.05, 0) is 24.1 Å². The highest BCUT2D eigenvalue weighted by molar-refractivity contribution is 5.73. The second-order valence-corrected chi connectivity index (χ2v) is 3.99. The van der Waals surface area contributed by atoms with Crippen LogP contribution in [0.15, 0.2) is 18.2 Å².